The summed E-state index contributed by atoms with van der Waals surface area (Å²) in [5.41, 5.74) is 2.69. The lowest BCUT2D eigenvalue weighted by Gasteiger charge is -2.20. The van der Waals surface area contributed by atoms with E-state index in [1.54, 1.807) is 41.0 Å². The Labute approximate surface area is 160 Å². The van der Waals surface area contributed by atoms with Crippen molar-refractivity contribution in [1.29, 1.82) is 0 Å². The van der Waals surface area contributed by atoms with Gasteiger partial charge >= 0.3 is 0 Å². The van der Waals surface area contributed by atoms with Gasteiger partial charge in [-0.05, 0) is 50.1 Å². The smallest absolute Gasteiger partial charge is 0.261 e. The van der Waals surface area contributed by atoms with Crippen LogP contribution in [0.2, 0.25) is 5.02 Å². The Hall–Kier alpha value is -2.12. The molecule has 1 unspecified atom stereocenters. The Morgan fingerprint density at radius 1 is 1.15 bits per heavy atom. The number of carbonyl (C=O) groups is 2. The molecule has 134 valence electrons. The number of halogens is 1. The van der Waals surface area contributed by atoms with E-state index < -0.39 is 0 Å². The summed E-state index contributed by atoms with van der Waals surface area (Å²) in [6.45, 7) is 0. The van der Waals surface area contributed by atoms with Crippen LogP contribution < -0.4 is 4.90 Å². The van der Waals surface area contributed by atoms with Crippen molar-refractivity contribution in [3.05, 3.63) is 52.6 Å². The summed E-state index contributed by atoms with van der Waals surface area (Å²) >= 11 is 7.96. The molecule has 26 heavy (non-hydrogen) atoms. The lowest BCUT2D eigenvalue weighted by Crippen LogP contribution is -2.31. The minimum Gasteiger partial charge on any atom is -0.269 e. The number of hydrogen-bond donors (Lipinski definition) is 0. The van der Waals surface area contributed by atoms with E-state index in [-0.39, 0.29) is 17.2 Å². The van der Waals surface area contributed by atoms with Gasteiger partial charge in [0.1, 0.15) is 18.0 Å². The molecule has 0 saturated heterocycles. The molecule has 2 aliphatic rings. The van der Waals surface area contributed by atoms with Gasteiger partial charge in [0.15, 0.2) is 0 Å². The largest absolute Gasteiger partial charge is 0.269 e. The lowest BCUT2D eigenvalue weighted by molar-refractivity contribution is -0.120. The van der Waals surface area contributed by atoms with Crippen LogP contribution in [0.15, 0.2) is 42.0 Å². The highest BCUT2D eigenvalue weighted by molar-refractivity contribution is 7.98. The summed E-state index contributed by atoms with van der Waals surface area (Å²) in [4.78, 5) is 30.9. The second-order valence-electron chi connectivity index (χ2n) is 6.28. The van der Waals surface area contributed by atoms with Gasteiger partial charge in [0, 0.05) is 21.7 Å². The fourth-order valence-corrected chi connectivity index (χ4v) is 4.61. The average Bonchev–Trinajstić information content (AvgIpc) is 3.26. The van der Waals surface area contributed by atoms with Gasteiger partial charge < -0.3 is 0 Å². The van der Waals surface area contributed by atoms with E-state index in [0.29, 0.717) is 34.7 Å². The van der Waals surface area contributed by atoms with E-state index in [2.05, 4.69) is 10.1 Å². The molecule has 0 bridgehead atoms. The Balaban J connectivity index is 1.73. The molecule has 0 N–H and O–H groups in total. The maximum atomic E-state index is 12.8. The molecule has 2 aromatic rings. The number of benzene rings is 1. The Bertz CT molecular complexity index is 882. The highest BCUT2D eigenvalue weighted by atomic mass is 35.5. The van der Waals surface area contributed by atoms with E-state index in [0.717, 1.165) is 18.4 Å². The predicted octanol–water partition coefficient (Wildman–Crippen LogP) is 3.59. The first-order valence-corrected chi connectivity index (χ1v) is 10.1. The monoisotopic (exact) mass is 388 g/mol. The Morgan fingerprint density at radius 2 is 1.85 bits per heavy atom. The van der Waals surface area contributed by atoms with E-state index in [4.69, 9.17) is 11.6 Å². The zero-order valence-corrected chi connectivity index (χ0v) is 15.8. The quantitative estimate of drug-likeness (QED) is 0.749. The number of imide groups is 1. The van der Waals surface area contributed by atoms with Crippen molar-refractivity contribution in [3.63, 3.8) is 0 Å². The van der Waals surface area contributed by atoms with Crippen LogP contribution >= 0.6 is 23.4 Å². The summed E-state index contributed by atoms with van der Waals surface area (Å²) in [6.07, 6.45) is 8.31. The number of hydrogen-bond acceptors (Lipinski definition) is 5. The van der Waals surface area contributed by atoms with Crippen molar-refractivity contribution in [3.8, 4) is 0 Å². The molecule has 0 spiro atoms. The third-order valence-corrected chi connectivity index (χ3v) is 6.05. The van der Waals surface area contributed by atoms with Crippen molar-refractivity contribution >= 4 is 40.9 Å². The number of thioether (sulfide) groups is 1. The van der Waals surface area contributed by atoms with Gasteiger partial charge in [0.25, 0.3) is 11.8 Å². The summed E-state index contributed by atoms with van der Waals surface area (Å²) in [6, 6.07) is 5.25. The maximum Gasteiger partial charge on any atom is 0.261 e. The number of rotatable bonds is 4. The topological polar surface area (TPSA) is 68.1 Å². The molecule has 1 aromatic heterocycles. The van der Waals surface area contributed by atoms with Gasteiger partial charge in [-0.15, -0.1) is 11.8 Å². The van der Waals surface area contributed by atoms with E-state index in [1.165, 1.54) is 11.2 Å². The Morgan fingerprint density at radius 3 is 2.42 bits per heavy atom. The molecular weight excluding hydrogens is 372 g/mol. The molecule has 0 saturated carbocycles. The third kappa shape index (κ3) is 2.75. The van der Waals surface area contributed by atoms with Gasteiger partial charge in [-0.1, -0.05) is 11.6 Å². The minimum atomic E-state index is -0.195. The molecule has 6 nitrogen and oxygen atoms in total. The summed E-state index contributed by atoms with van der Waals surface area (Å²) in [5.74, 6) is -0.390. The molecule has 1 aliphatic carbocycles. The van der Waals surface area contributed by atoms with Crippen LogP contribution in [-0.2, 0) is 9.59 Å². The van der Waals surface area contributed by atoms with E-state index in [9.17, 15) is 9.59 Å². The van der Waals surface area contributed by atoms with Crippen LogP contribution in [0.1, 0.15) is 36.6 Å². The molecule has 2 heterocycles. The van der Waals surface area contributed by atoms with Crippen molar-refractivity contribution in [1.82, 2.24) is 14.8 Å². The second-order valence-corrected chi connectivity index (χ2v) is 7.60. The molecular formula is C18H17ClN4O2S. The first-order valence-electron chi connectivity index (χ1n) is 8.39. The minimum absolute atomic E-state index is 0.194. The second kappa shape index (κ2) is 6.89. The molecule has 1 atom stereocenters. The third-order valence-electron chi connectivity index (χ3n) is 4.79. The molecule has 1 aliphatic heterocycles. The molecule has 1 aromatic carbocycles. The van der Waals surface area contributed by atoms with Gasteiger partial charge in [-0.25, -0.2) is 14.6 Å². The van der Waals surface area contributed by atoms with E-state index in [1.807, 2.05) is 6.26 Å². The standard InChI is InChI=1S/C18H17ClN4O2S/c1-26-18(22-10-20-9-21-22)14-8-11(6-7-15(14)19)23-16(24)12-4-2-3-5-13(12)17(23)25/h6-10,18H,2-5H2,1H3. The van der Waals surface area contributed by atoms with Crippen LogP contribution in [0.3, 0.4) is 0 Å². The summed E-state index contributed by atoms with van der Waals surface area (Å²) < 4.78 is 1.70. The van der Waals surface area contributed by atoms with Crippen LogP contribution in [0.5, 0.6) is 0 Å². The zero-order chi connectivity index (χ0) is 18.3. The van der Waals surface area contributed by atoms with Crippen molar-refractivity contribution < 1.29 is 9.59 Å². The van der Waals surface area contributed by atoms with Crippen LogP contribution in [0.4, 0.5) is 5.69 Å². The number of amides is 2. The predicted molar refractivity (Wildman–Crippen MR) is 101 cm³/mol. The van der Waals surface area contributed by atoms with Gasteiger partial charge in [-0.2, -0.15) is 5.10 Å². The molecule has 4 rings (SSSR count). The highest BCUT2D eigenvalue weighted by Crippen LogP contribution is 2.39. The van der Waals surface area contributed by atoms with Crippen LogP contribution in [0.25, 0.3) is 0 Å². The van der Waals surface area contributed by atoms with Gasteiger partial charge in [-0.3, -0.25) is 9.59 Å². The van der Waals surface area contributed by atoms with Gasteiger partial charge in [0.05, 0.1) is 5.69 Å². The average molecular weight is 389 g/mol. The number of nitrogens with zero attached hydrogens (tertiary/aromatic N) is 4. The lowest BCUT2D eigenvalue weighted by atomic mass is 9.93. The number of aromatic nitrogens is 3. The zero-order valence-electron chi connectivity index (χ0n) is 14.2. The normalized spacial score (nSPS) is 18.5. The maximum absolute atomic E-state index is 12.8. The Kier molecular flexibility index (Phi) is 4.58. The molecule has 2 amide bonds. The first-order chi connectivity index (χ1) is 12.6. The first kappa shape index (κ1) is 17.3. The van der Waals surface area contributed by atoms with E-state index >= 15 is 0 Å². The molecule has 8 heteroatoms. The molecule has 0 radical (unpaired) electrons. The van der Waals surface area contributed by atoms with Crippen molar-refractivity contribution in [2.24, 2.45) is 0 Å². The van der Waals surface area contributed by atoms with Gasteiger partial charge in [0.2, 0.25) is 0 Å². The fraction of sp³-hybridized carbons (Fsp3) is 0.333. The highest BCUT2D eigenvalue weighted by Gasteiger charge is 2.40. The van der Waals surface area contributed by atoms with Crippen molar-refractivity contribution in [2.45, 2.75) is 31.1 Å². The van der Waals surface area contributed by atoms with Crippen molar-refractivity contribution in [2.75, 3.05) is 11.2 Å². The fourth-order valence-electron chi connectivity index (χ4n) is 3.55. The van der Waals surface area contributed by atoms with Crippen LogP contribution in [-0.4, -0.2) is 32.8 Å². The molecule has 0 fully saturated rings. The number of anilines is 1. The van der Waals surface area contributed by atoms with Crippen LogP contribution in [0, 0.1) is 0 Å². The SMILES string of the molecule is CSC(c1cc(N2C(=O)C3=C(CCCC3)C2=O)ccc1Cl)n1cncn1. The summed E-state index contributed by atoms with van der Waals surface area (Å²) in [7, 11) is 0. The number of carbonyl (C=O) groups excluding carboxylic acids is 2. The summed E-state index contributed by atoms with van der Waals surface area (Å²) in [5, 5.41) is 4.55.